The fourth-order valence-electron chi connectivity index (χ4n) is 2.24. The molecule has 1 atom stereocenters. The van der Waals surface area contributed by atoms with Gasteiger partial charge in [-0.25, -0.2) is 4.79 Å². The maximum Gasteiger partial charge on any atom is 0.407 e. The number of halogens is 1. The molecule has 2 rings (SSSR count). The lowest BCUT2D eigenvalue weighted by Gasteiger charge is -2.18. The number of phenolic OH excluding ortho intramolecular Hbond substituents is 1. The normalized spacial score (nSPS) is 11.7. The van der Waals surface area contributed by atoms with Crippen molar-refractivity contribution in [1.82, 2.24) is 5.32 Å². The Hall–Kier alpha value is -2.20. The number of alkyl carbamates (subject to hydrolysis) is 1. The number of aromatic hydroxyl groups is 1. The van der Waals surface area contributed by atoms with E-state index in [2.05, 4.69) is 5.32 Å². The molecule has 0 bridgehead atoms. The average molecular weight is 334 g/mol. The van der Waals surface area contributed by atoms with Gasteiger partial charge in [-0.1, -0.05) is 48.5 Å². The molecule has 0 aliphatic carbocycles. The molecule has 2 aromatic carbocycles. The molecule has 0 heterocycles. The SMILES string of the molecule is O=C(N[C@H](CCCl)Cc1ccccc1O)OCc1ccccc1. The minimum atomic E-state index is -0.487. The van der Waals surface area contributed by atoms with Crippen LogP contribution in [0, 0.1) is 0 Å². The molecule has 122 valence electrons. The van der Waals surface area contributed by atoms with E-state index in [1.165, 1.54) is 0 Å². The lowest BCUT2D eigenvalue weighted by Crippen LogP contribution is -2.37. The summed E-state index contributed by atoms with van der Waals surface area (Å²) in [7, 11) is 0. The van der Waals surface area contributed by atoms with Crippen LogP contribution in [0.15, 0.2) is 54.6 Å². The molecule has 2 N–H and O–H groups in total. The van der Waals surface area contributed by atoms with Crippen molar-refractivity contribution in [2.24, 2.45) is 0 Å². The van der Waals surface area contributed by atoms with Gasteiger partial charge in [-0.3, -0.25) is 0 Å². The highest BCUT2D eigenvalue weighted by Gasteiger charge is 2.15. The van der Waals surface area contributed by atoms with Gasteiger partial charge in [0, 0.05) is 11.9 Å². The van der Waals surface area contributed by atoms with E-state index in [-0.39, 0.29) is 18.4 Å². The molecule has 23 heavy (non-hydrogen) atoms. The molecule has 1 amide bonds. The molecule has 0 saturated carbocycles. The Labute approximate surface area is 141 Å². The van der Waals surface area contributed by atoms with Crippen LogP contribution in [0.5, 0.6) is 5.75 Å². The van der Waals surface area contributed by atoms with Crippen LogP contribution in [0.2, 0.25) is 0 Å². The van der Waals surface area contributed by atoms with Gasteiger partial charge in [-0.05, 0) is 30.0 Å². The van der Waals surface area contributed by atoms with Crippen LogP contribution in [0.3, 0.4) is 0 Å². The first-order chi connectivity index (χ1) is 11.2. The predicted octanol–water partition coefficient (Wildman–Crippen LogP) is 3.86. The van der Waals surface area contributed by atoms with Gasteiger partial charge in [0.1, 0.15) is 12.4 Å². The Morgan fingerprint density at radius 3 is 2.52 bits per heavy atom. The highest BCUT2D eigenvalue weighted by atomic mass is 35.5. The summed E-state index contributed by atoms with van der Waals surface area (Å²) in [5.41, 5.74) is 1.70. The molecule has 2 aromatic rings. The van der Waals surface area contributed by atoms with Crippen LogP contribution in [0.4, 0.5) is 4.79 Å². The van der Waals surface area contributed by atoms with E-state index in [0.29, 0.717) is 18.7 Å². The Balaban J connectivity index is 1.88. The number of para-hydroxylation sites is 1. The summed E-state index contributed by atoms with van der Waals surface area (Å²) in [5.74, 6) is 0.628. The van der Waals surface area contributed by atoms with Crippen molar-refractivity contribution >= 4 is 17.7 Å². The average Bonchev–Trinajstić information content (AvgIpc) is 2.56. The molecule has 4 nitrogen and oxygen atoms in total. The number of ether oxygens (including phenoxy) is 1. The van der Waals surface area contributed by atoms with Crippen molar-refractivity contribution < 1.29 is 14.6 Å². The monoisotopic (exact) mass is 333 g/mol. The lowest BCUT2D eigenvalue weighted by molar-refractivity contribution is 0.135. The van der Waals surface area contributed by atoms with E-state index in [9.17, 15) is 9.90 Å². The summed E-state index contributed by atoms with van der Waals surface area (Å²) in [4.78, 5) is 11.9. The minimum absolute atomic E-state index is 0.191. The summed E-state index contributed by atoms with van der Waals surface area (Å²) in [5, 5.41) is 12.6. The smallest absolute Gasteiger partial charge is 0.407 e. The number of alkyl halides is 1. The number of nitrogens with one attached hydrogen (secondary N) is 1. The van der Waals surface area contributed by atoms with Crippen LogP contribution in [-0.4, -0.2) is 23.1 Å². The second kappa shape index (κ2) is 9.06. The third kappa shape index (κ3) is 5.83. The van der Waals surface area contributed by atoms with Gasteiger partial charge in [-0.15, -0.1) is 11.6 Å². The highest BCUT2D eigenvalue weighted by Crippen LogP contribution is 2.18. The zero-order chi connectivity index (χ0) is 16.5. The number of hydrogen-bond acceptors (Lipinski definition) is 3. The molecule has 0 saturated heterocycles. The van der Waals surface area contributed by atoms with Crippen molar-refractivity contribution in [3.8, 4) is 5.75 Å². The van der Waals surface area contributed by atoms with E-state index in [1.54, 1.807) is 12.1 Å². The molecule has 0 aliphatic rings. The first kappa shape index (κ1) is 17.2. The van der Waals surface area contributed by atoms with E-state index >= 15 is 0 Å². The van der Waals surface area contributed by atoms with Gasteiger partial charge in [-0.2, -0.15) is 0 Å². The predicted molar refractivity (Wildman–Crippen MR) is 90.7 cm³/mol. The highest BCUT2D eigenvalue weighted by molar-refractivity contribution is 6.17. The third-order valence-corrected chi connectivity index (χ3v) is 3.67. The standard InChI is InChI=1S/C18H20ClNO3/c19-11-10-16(12-15-8-4-5-9-17(15)21)20-18(22)23-13-14-6-2-1-3-7-14/h1-9,16,21H,10-13H2,(H,20,22)/t16-/m1/s1. The zero-order valence-electron chi connectivity index (χ0n) is 12.7. The van der Waals surface area contributed by atoms with E-state index < -0.39 is 6.09 Å². The van der Waals surface area contributed by atoms with Crippen LogP contribution < -0.4 is 5.32 Å². The second-order valence-corrected chi connectivity index (χ2v) is 5.59. The zero-order valence-corrected chi connectivity index (χ0v) is 13.5. The molecule has 0 radical (unpaired) electrons. The van der Waals surface area contributed by atoms with Crippen molar-refractivity contribution in [1.29, 1.82) is 0 Å². The van der Waals surface area contributed by atoms with Crippen LogP contribution in [-0.2, 0) is 17.8 Å². The lowest BCUT2D eigenvalue weighted by atomic mass is 10.0. The van der Waals surface area contributed by atoms with Gasteiger partial charge < -0.3 is 15.2 Å². The number of amides is 1. The number of carbonyl (C=O) groups excluding carboxylic acids is 1. The number of carbonyl (C=O) groups is 1. The maximum absolute atomic E-state index is 11.9. The Bertz CT molecular complexity index is 619. The summed E-state index contributed by atoms with van der Waals surface area (Å²) in [6.07, 6.45) is 0.607. The molecule has 0 unspecified atom stereocenters. The van der Waals surface area contributed by atoms with Gasteiger partial charge in [0.15, 0.2) is 0 Å². The molecule has 0 fully saturated rings. The first-order valence-electron chi connectivity index (χ1n) is 7.49. The minimum Gasteiger partial charge on any atom is -0.508 e. The van der Waals surface area contributed by atoms with Crippen molar-refractivity contribution in [2.45, 2.75) is 25.5 Å². The van der Waals surface area contributed by atoms with E-state index in [4.69, 9.17) is 16.3 Å². The fraction of sp³-hybridized carbons (Fsp3) is 0.278. The molecule has 0 spiro atoms. The molecule has 5 heteroatoms. The largest absolute Gasteiger partial charge is 0.508 e. The van der Waals surface area contributed by atoms with Gasteiger partial charge >= 0.3 is 6.09 Å². The number of benzene rings is 2. The topological polar surface area (TPSA) is 58.6 Å². The quantitative estimate of drug-likeness (QED) is 0.756. The maximum atomic E-state index is 11.9. The van der Waals surface area contributed by atoms with Gasteiger partial charge in [0.05, 0.1) is 0 Å². The van der Waals surface area contributed by atoms with Crippen LogP contribution in [0.25, 0.3) is 0 Å². The Morgan fingerprint density at radius 1 is 1.13 bits per heavy atom. The van der Waals surface area contributed by atoms with Gasteiger partial charge in [0.25, 0.3) is 0 Å². The number of phenols is 1. The van der Waals surface area contributed by atoms with Crippen molar-refractivity contribution in [3.05, 3.63) is 65.7 Å². The molecule has 0 aromatic heterocycles. The van der Waals surface area contributed by atoms with E-state index in [1.807, 2.05) is 42.5 Å². The first-order valence-corrected chi connectivity index (χ1v) is 8.02. The molecular weight excluding hydrogens is 314 g/mol. The summed E-state index contributed by atoms with van der Waals surface area (Å²) < 4.78 is 5.22. The summed E-state index contributed by atoms with van der Waals surface area (Å²) in [6.45, 7) is 0.219. The van der Waals surface area contributed by atoms with Crippen LogP contribution >= 0.6 is 11.6 Å². The number of hydrogen-bond donors (Lipinski definition) is 2. The van der Waals surface area contributed by atoms with Crippen LogP contribution in [0.1, 0.15) is 17.5 Å². The number of rotatable bonds is 7. The fourth-order valence-corrected chi connectivity index (χ4v) is 2.50. The van der Waals surface area contributed by atoms with Gasteiger partial charge in [0.2, 0.25) is 0 Å². The molecular formula is C18H20ClNO3. The Kier molecular flexibility index (Phi) is 6.76. The molecule has 0 aliphatic heterocycles. The Morgan fingerprint density at radius 2 is 1.83 bits per heavy atom. The van der Waals surface area contributed by atoms with E-state index in [0.717, 1.165) is 11.1 Å². The van der Waals surface area contributed by atoms with Crippen molar-refractivity contribution in [3.63, 3.8) is 0 Å². The third-order valence-electron chi connectivity index (χ3n) is 3.45. The summed E-state index contributed by atoms with van der Waals surface area (Å²) in [6, 6.07) is 16.4. The van der Waals surface area contributed by atoms with Crippen molar-refractivity contribution in [2.75, 3.05) is 5.88 Å². The summed E-state index contributed by atoms with van der Waals surface area (Å²) >= 11 is 5.80. The second-order valence-electron chi connectivity index (χ2n) is 5.21.